The van der Waals surface area contributed by atoms with Gasteiger partial charge in [-0.15, -0.1) is 0 Å². The number of rotatable bonds is 8. The SMILES string of the molecule is COc1ccccc1CN[C@H](C)Cc1ccc(OC)c(OC)c1. The van der Waals surface area contributed by atoms with Crippen molar-refractivity contribution in [3.05, 3.63) is 53.6 Å². The fourth-order valence-corrected chi connectivity index (χ4v) is 2.57. The summed E-state index contributed by atoms with van der Waals surface area (Å²) in [5.41, 5.74) is 2.37. The monoisotopic (exact) mass is 315 g/mol. The molecule has 0 unspecified atom stereocenters. The van der Waals surface area contributed by atoms with Gasteiger partial charge in [0.15, 0.2) is 11.5 Å². The van der Waals surface area contributed by atoms with E-state index in [-0.39, 0.29) is 0 Å². The first kappa shape index (κ1) is 17.2. The van der Waals surface area contributed by atoms with E-state index in [0.29, 0.717) is 6.04 Å². The first-order chi connectivity index (χ1) is 11.2. The van der Waals surface area contributed by atoms with Crippen LogP contribution in [0.25, 0.3) is 0 Å². The third-order valence-corrected chi connectivity index (χ3v) is 3.82. The van der Waals surface area contributed by atoms with Crippen LogP contribution in [-0.4, -0.2) is 27.4 Å². The van der Waals surface area contributed by atoms with Crippen molar-refractivity contribution in [2.45, 2.75) is 25.9 Å². The van der Waals surface area contributed by atoms with Crippen LogP contribution in [0.1, 0.15) is 18.1 Å². The number of nitrogens with one attached hydrogen (secondary N) is 1. The highest BCUT2D eigenvalue weighted by atomic mass is 16.5. The molecule has 0 aliphatic rings. The van der Waals surface area contributed by atoms with Crippen molar-refractivity contribution in [1.82, 2.24) is 5.32 Å². The molecule has 0 bridgehead atoms. The van der Waals surface area contributed by atoms with Crippen LogP contribution in [0, 0.1) is 0 Å². The molecular weight excluding hydrogens is 290 g/mol. The Kier molecular flexibility index (Phi) is 6.29. The second-order valence-corrected chi connectivity index (χ2v) is 5.49. The third kappa shape index (κ3) is 4.63. The fraction of sp³-hybridized carbons (Fsp3) is 0.368. The summed E-state index contributed by atoms with van der Waals surface area (Å²) in [6, 6.07) is 14.4. The molecule has 1 atom stereocenters. The van der Waals surface area contributed by atoms with Gasteiger partial charge in [0.1, 0.15) is 5.75 Å². The van der Waals surface area contributed by atoms with E-state index in [4.69, 9.17) is 14.2 Å². The first-order valence-electron chi connectivity index (χ1n) is 7.74. The molecule has 0 fully saturated rings. The van der Waals surface area contributed by atoms with Crippen LogP contribution in [0.4, 0.5) is 0 Å². The van der Waals surface area contributed by atoms with Crippen molar-refractivity contribution in [1.29, 1.82) is 0 Å². The highest BCUT2D eigenvalue weighted by Gasteiger charge is 2.09. The van der Waals surface area contributed by atoms with Crippen molar-refractivity contribution >= 4 is 0 Å². The van der Waals surface area contributed by atoms with Crippen molar-refractivity contribution in [3.63, 3.8) is 0 Å². The van der Waals surface area contributed by atoms with Crippen molar-refractivity contribution in [2.75, 3.05) is 21.3 Å². The molecule has 4 heteroatoms. The largest absolute Gasteiger partial charge is 0.496 e. The third-order valence-electron chi connectivity index (χ3n) is 3.82. The van der Waals surface area contributed by atoms with Crippen LogP contribution in [0.3, 0.4) is 0 Å². The van der Waals surface area contributed by atoms with E-state index in [1.807, 2.05) is 30.3 Å². The van der Waals surface area contributed by atoms with E-state index in [1.165, 1.54) is 5.56 Å². The van der Waals surface area contributed by atoms with E-state index < -0.39 is 0 Å². The number of hydrogen-bond acceptors (Lipinski definition) is 4. The minimum Gasteiger partial charge on any atom is -0.496 e. The second-order valence-electron chi connectivity index (χ2n) is 5.49. The average molecular weight is 315 g/mol. The van der Waals surface area contributed by atoms with Gasteiger partial charge in [-0.25, -0.2) is 0 Å². The standard InChI is InChI=1S/C19H25NO3/c1-14(20-13-16-7-5-6-8-17(16)21-2)11-15-9-10-18(22-3)19(12-15)23-4/h5-10,12,14,20H,11,13H2,1-4H3/t14-/m1/s1. The van der Waals surface area contributed by atoms with Gasteiger partial charge in [-0.2, -0.15) is 0 Å². The van der Waals surface area contributed by atoms with Crippen LogP contribution >= 0.6 is 0 Å². The molecule has 4 nitrogen and oxygen atoms in total. The van der Waals surface area contributed by atoms with Gasteiger partial charge in [0, 0.05) is 18.2 Å². The molecule has 1 N–H and O–H groups in total. The lowest BCUT2D eigenvalue weighted by atomic mass is 10.1. The average Bonchev–Trinajstić information content (AvgIpc) is 2.60. The first-order valence-corrected chi connectivity index (χ1v) is 7.74. The summed E-state index contributed by atoms with van der Waals surface area (Å²) >= 11 is 0. The lowest BCUT2D eigenvalue weighted by Crippen LogP contribution is -2.27. The molecule has 0 aliphatic carbocycles. The van der Waals surface area contributed by atoms with Crippen LogP contribution in [0.5, 0.6) is 17.2 Å². The van der Waals surface area contributed by atoms with Crippen molar-refractivity contribution in [2.24, 2.45) is 0 Å². The van der Waals surface area contributed by atoms with Gasteiger partial charge in [-0.3, -0.25) is 0 Å². The summed E-state index contributed by atoms with van der Waals surface area (Å²) in [4.78, 5) is 0. The Morgan fingerprint density at radius 2 is 1.57 bits per heavy atom. The predicted molar refractivity (Wildman–Crippen MR) is 92.5 cm³/mol. The molecule has 2 rings (SSSR count). The normalized spacial score (nSPS) is 11.8. The smallest absolute Gasteiger partial charge is 0.160 e. The minimum absolute atomic E-state index is 0.331. The molecule has 0 spiro atoms. The van der Waals surface area contributed by atoms with Gasteiger partial charge < -0.3 is 19.5 Å². The molecule has 2 aromatic rings. The molecule has 0 saturated carbocycles. The summed E-state index contributed by atoms with van der Waals surface area (Å²) in [6.45, 7) is 2.95. The zero-order valence-electron chi connectivity index (χ0n) is 14.3. The molecule has 0 aromatic heterocycles. The Hall–Kier alpha value is -2.20. The van der Waals surface area contributed by atoms with Crippen LogP contribution in [-0.2, 0) is 13.0 Å². The van der Waals surface area contributed by atoms with Gasteiger partial charge in [0.25, 0.3) is 0 Å². The summed E-state index contributed by atoms with van der Waals surface area (Å²) in [7, 11) is 5.01. The summed E-state index contributed by atoms with van der Waals surface area (Å²) < 4.78 is 16.0. The molecule has 0 aliphatic heterocycles. The number of para-hydroxylation sites is 1. The zero-order chi connectivity index (χ0) is 16.7. The Labute approximate surface area is 138 Å². The predicted octanol–water partition coefficient (Wildman–Crippen LogP) is 3.43. The number of hydrogen-bond donors (Lipinski definition) is 1. The molecule has 0 heterocycles. The molecule has 0 radical (unpaired) electrons. The maximum Gasteiger partial charge on any atom is 0.160 e. The number of benzene rings is 2. The van der Waals surface area contributed by atoms with E-state index in [9.17, 15) is 0 Å². The molecule has 0 saturated heterocycles. The number of ether oxygens (including phenoxy) is 3. The van der Waals surface area contributed by atoms with Crippen molar-refractivity contribution in [3.8, 4) is 17.2 Å². The van der Waals surface area contributed by atoms with Gasteiger partial charge in [0.05, 0.1) is 21.3 Å². The van der Waals surface area contributed by atoms with Gasteiger partial charge in [0.2, 0.25) is 0 Å². The molecule has 0 amide bonds. The molecular formula is C19H25NO3. The lowest BCUT2D eigenvalue weighted by Gasteiger charge is -2.16. The summed E-state index contributed by atoms with van der Waals surface area (Å²) in [5, 5.41) is 3.54. The summed E-state index contributed by atoms with van der Waals surface area (Å²) in [6.07, 6.45) is 0.912. The topological polar surface area (TPSA) is 39.7 Å². The van der Waals surface area contributed by atoms with Gasteiger partial charge in [-0.05, 0) is 37.1 Å². The van der Waals surface area contributed by atoms with Gasteiger partial charge >= 0.3 is 0 Å². The highest BCUT2D eigenvalue weighted by molar-refractivity contribution is 5.43. The minimum atomic E-state index is 0.331. The second kappa shape index (κ2) is 8.44. The highest BCUT2D eigenvalue weighted by Crippen LogP contribution is 2.28. The van der Waals surface area contributed by atoms with E-state index in [0.717, 1.165) is 35.8 Å². The van der Waals surface area contributed by atoms with E-state index in [2.05, 4.69) is 24.4 Å². The Bertz CT molecular complexity index is 628. The molecule has 23 heavy (non-hydrogen) atoms. The Morgan fingerprint density at radius 3 is 2.26 bits per heavy atom. The van der Waals surface area contributed by atoms with Crippen LogP contribution < -0.4 is 19.5 Å². The number of methoxy groups -OCH3 is 3. The maximum atomic E-state index is 5.38. The maximum absolute atomic E-state index is 5.38. The Morgan fingerprint density at radius 1 is 0.870 bits per heavy atom. The van der Waals surface area contributed by atoms with Crippen molar-refractivity contribution < 1.29 is 14.2 Å². The zero-order valence-corrected chi connectivity index (χ0v) is 14.3. The lowest BCUT2D eigenvalue weighted by molar-refractivity contribution is 0.354. The molecule has 2 aromatic carbocycles. The van der Waals surface area contributed by atoms with Crippen LogP contribution in [0.15, 0.2) is 42.5 Å². The van der Waals surface area contributed by atoms with E-state index >= 15 is 0 Å². The van der Waals surface area contributed by atoms with Crippen LogP contribution in [0.2, 0.25) is 0 Å². The van der Waals surface area contributed by atoms with E-state index in [1.54, 1.807) is 21.3 Å². The van der Waals surface area contributed by atoms with Gasteiger partial charge in [-0.1, -0.05) is 24.3 Å². The molecule has 124 valence electrons. The quantitative estimate of drug-likeness (QED) is 0.810. The Balaban J connectivity index is 1.95. The summed E-state index contributed by atoms with van der Waals surface area (Å²) in [5.74, 6) is 2.44. The fourth-order valence-electron chi connectivity index (χ4n) is 2.57.